The van der Waals surface area contributed by atoms with Crippen molar-refractivity contribution in [3.63, 3.8) is 0 Å². The number of pyridine rings is 1. The highest BCUT2D eigenvalue weighted by molar-refractivity contribution is 5.93. The SMILES string of the molecule is O=C(c1ccc(N2CC(F)(F)C2)c(OCC2CC2)n1)N1C[C@@H]2CC[C@H]1C2. The number of anilines is 1. The Morgan fingerprint density at radius 2 is 2.04 bits per heavy atom. The number of aromatic nitrogens is 1. The highest BCUT2D eigenvalue weighted by Crippen LogP contribution is 2.40. The van der Waals surface area contributed by atoms with E-state index < -0.39 is 5.92 Å². The number of fused-ring (bicyclic) bond motifs is 2. The number of likely N-dealkylation sites (tertiary alicyclic amines) is 1. The predicted molar refractivity (Wildman–Crippen MR) is 91.8 cm³/mol. The second-order valence-corrected chi connectivity index (χ2v) is 8.28. The molecule has 0 spiro atoms. The van der Waals surface area contributed by atoms with Gasteiger partial charge in [-0.25, -0.2) is 13.8 Å². The first-order chi connectivity index (χ1) is 12.5. The van der Waals surface area contributed by atoms with E-state index in [0.717, 1.165) is 32.2 Å². The van der Waals surface area contributed by atoms with Crippen molar-refractivity contribution in [2.24, 2.45) is 11.8 Å². The number of halogens is 2. The van der Waals surface area contributed by atoms with E-state index in [-0.39, 0.29) is 19.0 Å². The zero-order chi connectivity index (χ0) is 17.9. The fraction of sp³-hybridized carbons (Fsp3) is 0.684. The number of carbonyl (C=O) groups is 1. The zero-order valence-electron chi connectivity index (χ0n) is 14.7. The Hall–Kier alpha value is -1.92. The van der Waals surface area contributed by atoms with E-state index in [1.54, 1.807) is 17.0 Å². The van der Waals surface area contributed by atoms with Gasteiger partial charge in [-0.1, -0.05) is 0 Å². The summed E-state index contributed by atoms with van der Waals surface area (Å²) < 4.78 is 32.4. The van der Waals surface area contributed by atoms with Gasteiger partial charge in [-0.3, -0.25) is 4.79 Å². The number of carbonyl (C=O) groups excluding carboxylic acids is 1. The van der Waals surface area contributed by atoms with Gasteiger partial charge in [0.25, 0.3) is 11.8 Å². The average molecular weight is 363 g/mol. The molecule has 26 heavy (non-hydrogen) atoms. The van der Waals surface area contributed by atoms with Crippen molar-refractivity contribution in [3.8, 4) is 5.88 Å². The van der Waals surface area contributed by atoms with Gasteiger partial charge in [-0.2, -0.15) is 0 Å². The van der Waals surface area contributed by atoms with Crippen molar-refractivity contribution in [1.29, 1.82) is 0 Å². The molecule has 1 aromatic heterocycles. The molecule has 5 rings (SSSR count). The molecule has 2 saturated heterocycles. The van der Waals surface area contributed by atoms with Crippen LogP contribution in [-0.2, 0) is 0 Å². The Balaban J connectivity index is 1.37. The largest absolute Gasteiger partial charge is 0.476 e. The summed E-state index contributed by atoms with van der Waals surface area (Å²) >= 11 is 0. The summed E-state index contributed by atoms with van der Waals surface area (Å²) in [5, 5.41) is 0. The lowest BCUT2D eigenvalue weighted by molar-refractivity contribution is -0.0265. The third-order valence-electron chi connectivity index (χ3n) is 6.07. The highest BCUT2D eigenvalue weighted by Gasteiger charge is 2.45. The van der Waals surface area contributed by atoms with E-state index in [0.29, 0.717) is 41.7 Å². The molecule has 0 aromatic carbocycles. The van der Waals surface area contributed by atoms with Gasteiger partial charge in [0.2, 0.25) is 5.88 Å². The zero-order valence-corrected chi connectivity index (χ0v) is 14.7. The maximum absolute atomic E-state index is 13.3. The summed E-state index contributed by atoms with van der Waals surface area (Å²) in [6, 6.07) is 3.70. The fourth-order valence-corrected chi connectivity index (χ4v) is 4.38. The monoisotopic (exact) mass is 363 g/mol. The van der Waals surface area contributed by atoms with E-state index >= 15 is 0 Å². The van der Waals surface area contributed by atoms with E-state index in [1.807, 2.05) is 4.90 Å². The fourth-order valence-electron chi connectivity index (χ4n) is 4.38. The minimum absolute atomic E-state index is 0.0611. The first kappa shape index (κ1) is 16.3. The van der Waals surface area contributed by atoms with E-state index in [4.69, 9.17) is 4.74 Å². The minimum atomic E-state index is -2.66. The van der Waals surface area contributed by atoms with Gasteiger partial charge in [-0.15, -0.1) is 0 Å². The van der Waals surface area contributed by atoms with Crippen molar-refractivity contribution in [1.82, 2.24) is 9.88 Å². The second kappa shape index (κ2) is 5.79. The van der Waals surface area contributed by atoms with Crippen LogP contribution in [0.25, 0.3) is 0 Å². The lowest BCUT2D eigenvalue weighted by Gasteiger charge is -2.40. The smallest absolute Gasteiger partial charge is 0.282 e. The first-order valence-corrected chi connectivity index (χ1v) is 9.56. The lowest BCUT2D eigenvalue weighted by Crippen LogP contribution is -2.56. The molecular weight excluding hydrogens is 340 g/mol. The van der Waals surface area contributed by atoms with Crippen molar-refractivity contribution < 1.29 is 18.3 Å². The molecule has 0 radical (unpaired) electrons. The Morgan fingerprint density at radius 1 is 1.23 bits per heavy atom. The molecule has 2 aliphatic carbocycles. The molecule has 7 heteroatoms. The highest BCUT2D eigenvalue weighted by atomic mass is 19.3. The molecule has 4 fully saturated rings. The number of alkyl halides is 2. The maximum atomic E-state index is 13.3. The lowest BCUT2D eigenvalue weighted by atomic mass is 10.1. The van der Waals surface area contributed by atoms with Crippen LogP contribution in [0.3, 0.4) is 0 Å². The molecular formula is C19H23F2N3O2. The molecule has 2 aliphatic heterocycles. The van der Waals surface area contributed by atoms with Gasteiger partial charge in [0.15, 0.2) is 0 Å². The summed E-state index contributed by atoms with van der Waals surface area (Å²) in [4.78, 5) is 20.8. The van der Waals surface area contributed by atoms with Crippen molar-refractivity contribution in [2.75, 3.05) is 31.1 Å². The molecule has 2 bridgehead atoms. The van der Waals surface area contributed by atoms with Crippen LogP contribution in [0.4, 0.5) is 14.5 Å². The number of amides is 1. The second-order valence-electron chi connectivity index (χ2n) is 8.28. The summed E-state index contributed by atoms with van der Waals surface area (Å²) in [6.45, 7) is 0.703. The van der Waals surface area contributed by atoms with Crippen LogP contribution in [0.2, 0.25) is 0 Å². The molecule has 1 amide bonds. The Labute approximate surface area is 151 Å². The van der Waals surface area contributed by atoms with Crippen LogP contribution in [0.15, 0.2) is 12.1 Å². The Morgan fingerprint density at radius 3 is 2.65 bits per heavy atom. The van der Waals surface area contributed by atoms with Gasteiger partial charge >= 0.3 is 0 Å². The summed E-state index contributed by atoms with van der Waals surface area (Å²) in [5.74, 6) is -1.25. The Kier molecular flexibility index (Phi) is 3.62. The number of piperidine rings is 1. The van der Waals surface area contributed by atoms with E-state index in [1.165, 1.54) is 6.42 Å². The van der Waals surface area contributed by atoms with Gasteiger partial charge in [0.1, 0.15) is 11.4 Å². The van der Waals surface area contributed by atoms with Crippen LogP contribution >= 0.6 is 0 Å². The molecule has 3 heterocycles. The van der Waals surface area contributed by atoms with Crippen LogP contribution < -0.4 is 9.64 Å². The first-order valence-electron chi connectivity index (χ1n) is 9.56. The third kappa shape index (κ3) is 2.91. The van der Waals surface area contributed by atoms with E-state index in [9.17, 15) is 13.6 Å². The van der Waals surface area contributed by atoms with Gasteiger partial charge < -0.3 is 14.5 Å². The van der Waals surface area contributed by atoms with Crippen molar-refractivity contribution in [2.45, 2.75) is 44.1 Å². The molecule has 4 aliphatic rings. The average Bonchev–Trinajstić information content (AvgIpc) is 3.19. The van der Waals surface area contributed by atoms with Gasteiger partial charge in [0.05, 0.1) is 19.7 Å². The predicted octanol–water partition coefficient (Wildman–Crippen LogP) is 2.95. The standard InChI is InChI=1S/C19H23F2N3O2/c20-19(21)10-23(11-19)16-6-5-15(22-17(16)26-9-12-1-2-12)18(25)24-8-13-3-4-14(24)7-13/h5-6,12-14H,1-4,7-11H2/t13-,14+/m1/s1. The molecule has 0 N–H and O–H groups in total. The van der Waals surface area contributed by atoms with Crippen molar-refractivity contribution in [3.05, 3.63) is 17.8 Å². The number of hydrogen-bond acceptors (Lipinski definition) is 4. The van der Waals surface area contributed by atoms with Crippen LogP contribution in [0.1, 0.15) is 42.6 Å². The number of hydrogen-bond donors (Lipinski definition) is 0. The summed E-state index contributed by atoms with van der Waals surface area (Å²) in [6.07, 6.45) is 5.64. The topological polar surface area (TPSA) is 45.7 Å². The van der Waals surface area contributed by atoms with Crippen LogP contribution in [-0.4, -0.2) is 54.0 Å². The number of ether oxygens (including phenoxy) is 1. The quantitative estimate of drug-likeness (QED) is 0.807. The normalized spacial score (nSPS) is 29.0. The molecule has 0 unspecified atom stereocenters. The molecule has 5 nitrogen and oxygen atoms in total. The molecule has 2 atom stereocenters. The van der Waals surface area contributed by atoms with E-state index in [2.05, 4.69) is 4.98 Å². The third-order valence-corrected chi connectivity index (χ3v) is 6.07. The minimum Gasteiger partial charge on any atom is -0.476 e. The molecule has 2 saturated carbocycles. The van der Waals surface area contributed by atoms with Gasteiger partial charge in [0, 0.05) is 12.6 Å². The van der Waals surface area contributed by atoms with Crippen molar-refractivity contribution >= 4 is 11.6 Å². The number of nitrogens with zero attached hydrogens (tertiary/aromatic N) is 3. The van der Waals surface area contributed by atoms with Crippen LogP contribution in [0, 0.1) is 11.8 Å². The summed E-state index contributed by atoms with van der Waals surface area (Å²) in [5.41, 5.74) is 0.926. The summed E-state index contributed by atoms with van der Waals surface area (Å²) in [7, 11) is 0. The number of rotatable bonds is 5. The Bertz CT molecular complexity index is 729. The maximum Gasteiger partial charge on any atom is 0.282 e. The molecule has 1 aromatic rings. The van der Waals surface area contributed by atoms with Gasteiger partial charge in [-0.05, 0) is 56.1 Å². The van der Waals surface area contributed by atoms with Crippen LogP contribution in [0.5, 0.6) is 5.88 Å². The molecule has 140 valence electrons.